The minimum Gasteiger partial charge on any atom is -0.494 e. The molecular weight excluding hydrogens is 294 g/mol. The molecule has 1 aromatic heterocycles. The summed E-state index contributed by atoms with van der Waals surface area (Å²) in [6.45, 7) is 4.50. The Kier molecular flexibility index (Phi) is 6.23. The number of nitrogens with one attached hydrogen (secondary N) is 2. The van der Waals surface area contributed by atoms with Crippen molar-refractivity contribution in [1.82, 2.24) is 5.43 Å². The van der Waals surface area contributed by atoms with E-state index in [2.05, 4.69) is 15.8 Å². The van der Waals surface area contributed by atoms with Gasteiger partial charge in [0.15, 0.2) is 0 Å². The summed E-state index contributed by atoms with van der Waals surface area (Å²) in [5.74, 6) is 1.18. The second-order valence-electron chi connectivity index (χ2n) is 4.81. The van der Waals surface area contributed by atoms with E-state index in [4.69, 9.17) is 9.15 Å². The standard InChI is InChI=1S/C17H21N3O3/c1-3-16(17(21)20-18-12-15-6-5-11-23-15)19-13-7-9-14(10-8-13)22-4-2/h5-12,16,19H,3-4H2,1-2H3,(H,20,21)/b18-12-/t16-/m1/s1. The quantitative estimate of drug-likeness (QED) is 0.580. The fourth-order valence-corrected chi connectivity index (χ4v) is 1.97. The van der Waals surface area contributed by atoms with Gasteiger partial charge in [-0.2, -0.15) is 5.10 Å². The number of carbonyl (C=O) groups is 1. The van der Waals surface area contributed by atoms with Crippen LogP contribution in [0.15, 0.2) is 52.2 Å². The lowest BCUT2D eigenvalue weighted by Crippen LogP contribution is -2.36. The highest BCUT2D eigenvalue weighted by atomic mass is 16.5. The second-order valence-corrected chi connectivity index (χ2v) is 4.81. The molecule has 1 heterocycles. The summed E-state index contributed by atoms with van der Waals surface area (Å²) in [5, 5.41) is 7.06. The Bertz CT molecular complexity index is 621. The summed E-state index contributed by atoms with van der Waals surface area (Å²) in [5.41, 5.74) is 3.36. The average molecular weight is 315 g/mol. The predicted octanol–water partition coefficient (Wildman–Crippen LogP) is 3.02. The Morgan fingerprint density at radius 2 is 2.09 bits per heavy atom. The van der Waals surface area contributed by atoms with Crippen LogP contribution in [0.1, 0.15) is 26.0 Å². The minimum atomic E-state index is -0.373. The Morgan fingerprint density at radius 1 is 1.30 bits per heavy atom. The van der Waals surface area contributed by atoms with Crippen LogP contribution in [0.2, 0.25) is 0 Å². The number of hydrazone groups is 1. The van der Waals surface area contributed by atoms with Crippen molar-refractivity contribution in [1.29, 1.82) is 0 Å². The van der Waals surface area contributed by atoms with Gasteiger partial charge in [-0.1, -0.05) is 6.92 Å². The molecule has 2 aromatic rings. The summed E-state index contributed by atoms with van der Waals surface area (Å²) in [4.78, 5) is 12.1. The number of hydrogen-bond donors (Lipinski definition) is 2. The monoisotopic (exact) mass is 315 g/mol. The van der Waals surface area contributed by atoms with Crippen molar-refractivity contribution in [2.45, 2.75) is 26.3 Å². The maximum atomic E-state index is 12.1. The van der Waals surface area contributed by atoms with E-state index in [1.165, 1.54) is 6.21 Å². The molecule has 1 atom stereocenters. The van der Waals surface area contributed by atoms with E-state index in [0.29, 0.717) is 18.8 Å². The van der Waals surface area contributed by atoms with Gasteiger partial charge in [-0.15, -0.1) is 0 Å². The number of anilines is 1. The van der Waals surface area contributed by atoms with Gasteiger partial charge in [0.25, 0.3) is 5.91 Å². The predicted molar refractivity (Wildman–Crippen MR) is 89.8 cm³/mol. The number of furan rings is 1. The molecule has 6 nitrogen and oxygen atoms in total. The van der Waals surface area contributed by atoms with E-state index in [-0.39, 0.29) is 11.9 Å². The third-order valence-electron chi connectivity index (χ3n) is 3.14. The van der Waals surface area contributed by atoms with E-state index in [0.717, 1.165) is 11.4 Å². The van der Waals surface area contributed by atoms with Crippen molar-refractivity contribution in [2.75, 3.05) is 11.9 Å². The van der Waals surface area contributed by atoms with Gasteiger partial charge in [0, 0.05) is 5.69 Å². The summed E-state index contributed by atoms with van der Waals surface area (Å²) in [6, 6.07) is 10.6. The molecule has 0 radical (unpaired) electrons. The highest BCUT2D eigenvalue weighted by Crippen LogP contribution is 2.17. The SMILES string of the molecule is CCOc1ccc(N[C@H](CC)C(=O)N/N=C\c2ccco2)cc1. The summed E-state index contributed by atoms with van der Waals surface area (Å²) in [6.07, 6.45) is 3.64. The van der Waals surface area contributed by atoms with E-state index in [1.807, 2.05) is 38.1 Å². The van der Waals surface area contributed by atoms with Crippen molar-refractivity contribution < 1.29 is 13.9 Å². The molecular formula is C17H21N3O3. The Labute approximate surface area is 135 Å². The number of carbonyl (C=O) groups excluding carboxylic acids is 1. The summed E-state index contributed by atoms with van der Waals surface area (Å²) < 4.78 is 10.5. The third-order valence-corrected chi connectivity index (χ3v) is 3.14. The number of nitrogens with zero attached hydrogens (tertiary/aromatic N) is 1. The smallest absolute Gasteiger partial charge is 0.262 e. The number of benzene rings is 1. The molecule has 0 aliphatic carbocycles. The zero-order valence-corrected chi connectivity index (χ0v) is 13.3. The molecule has 122 valence electrons. The zero-order valence-electron chi connectivity index (χ0n) is 13.3. The molecule has 2 rings (SSSR count). The molecule has 0 unspecified atom stereocenters. The molecule has 1 amide bonds. The van der Waals surface area contributed by atoms with Crippen molar-refractivity contribution in [3.63, 3.8) is 0 Å². The number of amides is 1. The Morgan fingerprint density at radius 3 is 2.70 bits per heavy atom. The first-order valence-corrected chi connectivity index (χ1v) is 7.58. The van der Waals surface area contributed by atoms with Gasteiger partial charge in [0.05, 0.1) is 19.1 Å². The lowest BCUT2D eigenvalue weighted by molar-refractivity contribution is -0.121. The molecule has 6 heteroatoms. The maximum absolute atomic E-state index is 12.1. The normalized spacial score (nSPS) is 12.1. The van der Waals surface area contributed by atoms with Crippen molar-refractivity contribution >= 4 is 17.8 Å². The van der Waals surface area contributed by atoms with Gasteiger partial charge in [-0.25, -0.2) is 5.43 Å². The first-order valence-electron chi connectivity index (χ1n) is 7.58. The second kappa shape index (κ2) is 8.63. The lowest BCUT2D eigenvalue weighted by Gasteiger charge is -2.16. The third kappa shape index (κ3) is 5.18. The van der Waals surface area contributed by atoms with Gasteiger partial charge in [-0.05, 0) is 49.7 Å². The molecule has 0 saturated heterocycles. The largest absolute Gasteiger partial charge is 0.494 e. The molecule has 23 heavy (non-hydrogen) atoms. The first-order chi connectivity index (χ1) is 11.2. The van der Waals surface area contributed by atoms with Crippen molar-refractivity contribution in [3.8, 4) is 5.75 Å². The van der Waals surface area contributed by atoms with E-state index < -0.39 is 0 Å². The van der Waals surface area contributed by atoms with Crippen LogP contribution in [-0.2, 0) is 4.79 Å². The topological polar surface area (TPSA) is 75.9 Å². The van der Waals surface area contributed by atoms with Crippen molar-refractivity contribution in [2.24, 2.45) is 5.10 Å². The van der Waals surface area contributed by atoms with Gasteiger partial charge in [-0.3, -0.25) is 4.79 Å². The minimum absolute atomic E-state index is 0.204. The number of hydrogen-bond acceptors (Lipinski definition) is 5. The van der Waals surface area contributed by atoms with Crippen LogP contribution in [0, 0.1) is 0 Å². The zero-order chi connectivity index (χ0) is 16.5. The molecule has 0 saturated carbocycles. The molecule has 0 spiro atoms. The van der Waals surface area contributed by atoms with Gasteiger partial charge < -0.3 is 14.5 Å². The molecule has 0 fully saturated rings. The van der Waals surface area contributed by atoms with Gasteiger partial charge in [0.2, 0.25) is 0 Å². The van der Waals surface area contributed by atoms with E-state index >= 15 is 0 Å². The fourth-order valence-electron chi connectivity index (χ4n) is 1.97. The maximum Gasteiger partial charge on any atom is 0.262 e. The van der Waals surface area contributed by atoms with Crippen LogP contribution >= 0.6 is 0 Å². The highest BCUT2D eigenvalue weighted by molar-refractivity contribution is 5.86. The first kappa shape index (κ1) is 16.6. The Balaban J connectivity index is 1.89. The Hall–Kier alpha value is -2.76. The molecule has 1 aromatic carbocycles. The van der Waals surface area contributed by atoms with E-state index in [1.54, 1.807) is 18.4 Å². The number of ether oxygens (including phenoxy) is 1. The lowest BCUT2D eigenvalue weighted by atomic mass is 10.2. The average Bonchev–Trinajstić information content (AvgIpc) is 3.07. The fraction of sp³-hybridized carbons (Fsp3) is 0.294. The highest BCUT2D eigenvalue weighted by Gasteiger charge is 2.15. The van der Waals surface area contributed by atoms with Crippen LogP contribution in [0.3, 0.4) is 0 Å². The molecule has 0 aliphatic heterocycles. The van der Waals surface area contributed by atoms with Gasteiger partial charge in [0.1, 0.15) is 17.6 Å². The van der Waals surface area contributed by atoms with Crippen LogP contribution in [-0.4, -0.2) is 24.8 Å². The molecule has 0 aliphatic rings. The van der Waals surface area contributed by atoms with Crippen LogP contribution < -0.4 is 15.5 Å². The van der Waals surface area contributed by atoms with E-state index in [9.17, 15) is 4.79 Å². The summed E-state index contributed by atoms with van der Waals surface area (Å²) >= 11 is 0. The molecule has 2 N–H and O–H groups in total. The van der Waals surface area contributed by atoms with Crippen LogP contribution in [0.5, 0.6) is 5.75 Å². The van der Waals surface area contributed by atoms with Gasteiger partial charge >= 0.3 is 0 Å². The van der Waals surface area contributed by atoms with Crippen LogP contribution in [0.25, 0.3) is 0 Å². The molecule has 0 bridgehead atoms. The summed E-state index contributed by atoms with van der Waals surface area (Å²) in [7, 11) is 0. The van der Waals surface area contributed by atoms with Crippen LogP contribution in [0.4, 0.5) is 5.69 Å². The number of rotatable bonds is 8. The van der Waals surface area contributed by atoms with Crippen molar-refractivity contribution in [3.05, 3.63) is 48.4 Å².